The van der Waals surface area contributed by atoms with Crippen LogP contribution in [0.2, 0.25) is 5.02 Å². The summed E-state index contributed by atoms with van der Waals surface area (Å²) >= 11 is 6.89. The van der Waals surface area contributed by atoms with E-state index in [4.69, 9.17) is 21.1 Å². The molecule has 0 radical (unpaired) electrons. The molecular weight excluding hydrogens is 618 g/mol. The number of ether oxygens (including phenoxy) is 2. The van der Waals surface area contributed by atoms with E-state index in [2.05, 4.69) is 29.6 Å². The van der Waals surface area contributed by atoms with Crippen molar-refractivity contribution < 1.29 is 19.1 Å². The monoisotopic (exact) mass is 655 g/mol. The Balaban J connectivity index is 1.15. The Morgan fingerprint density at radius 3 is 2.00 bits per heavy atom. The summed E-state index contributed by atoms with van der Waals surface area (Å²) in [5.74, 6) is -0.995. The summed E-state index contributed by atoms with van der Waals surface area (Å²) in [6.45, 7) is 2.23. The molecule has 242 valence electrons. The fourth-order valence-corrected chi connectivity index (χ4v) is 7.73. The molecule has 5 aromatic rings. The van der Waals surface area contributed by atoms with Crippen LogP contribution < -0.4 is 5.32 Å². The van der Waals surface area contributed by atoms with Gasteiger partial charge in [-0.1, -0.05) is 151 Å². The van der Waals surface area contributed by atoms with E-state index in [1.54, 1.807) is 0 Å². The van der Waals surface area contributed by atoms with E-state index in [1.807, 2.05) is 110 Å². The molecule has 5 aromatic carbocycles. The predicted octanol–water partition coefficient (Wildman–Crippen LogP) is 9.58. The smallest absolute Gasteiger partial charge is 0.407 e. The first-order valence-corrected chi connectivity index (χ1v) is 17.1. The maximum Gasteiger partial charge on any atom is 0.407 e. The number of nitrogens with one attached hydrogen (secondary N) is 1. The maximum absolute atomic E-state index is 14.5. The molecule has 2 aliphatic carbocycles. The average molecular weight is 656 g/mol. The Labute approximate surface area is 286 Å². The highest BCUT2D eigenvalue weighted by molar-refractivity contribution is 6.31. The fourth-order valence-electron chi connectivity index (χ4n) is 7.46. The lowest BCUT2D eigenvalue weighted by atomic mass is 9.79. The Hall–Kier alpha value is -4.87. The second-order valence-electron chi connectivity index (χ2n) is 12.8. The Kier molecular flexibility index (Phi) is 9.05. The molecule has 0 aliphatic heterocycles. The van der Waals surface area contributed by atoms with E-state index in [1.165, 1.54) is 11.1 Å². The van der Waals surface area contributed by atoms with Gasteiger partial charge in [0.25, 0.3) is 0 Å². The number of carbonyl (C=O) groups is 2. The van der Waals surface area contributed by atoms with E-state index >= 15 is 0 Å². The number of hydrogen-bond donors (Lipinski definition) is 1. The van der Waals surface area contributed by atoms with Crippen LogP contribution in [0.3, 0.4) is 0 Å². The summed E-state index contributed by atoms with van der Waals surface area (Å²) in [4.78, 5) is 27.9. The van der Waals surface area contributed by atoms with E-state index < -0.39 is 23.7 Å². The molecule has 7 rings (SSSR count). The van der Waals surface area contributed by atoms with Crippen molar-refractivity contribution in [2.75, 3.05) is 6.61 Å². The molecule has 2 aliphatic rings. The highest BCUT2D eigenvalue weighted by Gasteiger charge is 2.45. The first kappa shape index (κ1) is 31.7. The minimum Gasteiger partial charge on any atom is -0.449 e. The minimum atomic E-state index is -1.31. The zero-order valence-corrected chi connectivity index (χ0v) is 27.7. The van der Waals surface area contributed by atoms with E-state index in [0.29, 0.717) is 23.4 Å². The van der Waals surface area contributed by atoms with E-state index in [0.717, 1.165) is 40.7 Å². The Morgan fingerprint density at radius 1 is 0.729 bits per heavy atom. The van der Waals surface area contributed by atoms with Gasteiger partial charge >= 0.3 is 12.1 Å². The van der Waals surface area contributed by atoms with E-state index in [9.17, 15) is 9.59 Å². The molecule has 0 spiro atoms. The molecule has 1 fully saturated rings. The number of alkyl carbamates (subject to hydrolysis) is 1. The zero-order valence-electron chi connectivity index (χ0n) is 26.9. The third-order valence-electron chi connectivity index (χ3n) is 9.86. The van der Waals surface area contributed by atoms with Crippen molar-refractivity contribution in [1.82, 2.24) is 5.32 Å². The zero-order chi connectivity index (χ0) is 33.1. The molecule has 6 heteroatoms. The average Bonchev–Trinajstić information content (AvgIpc) is 3.44. The summed E-state index contributed by atoms with van der Waals surface area (Å²) < 4.78 is 12.7. The highest BCUT2D eigenvalue weighted by Crippen LogP contribution is 2.46. The molecule has 0 aromatic heterocycles. The van der Waals surface area contributed by atoms with Gasteiger partial charge in [0.05, 0.1) is 5.92 Å². The number of benzene rings is 5. The number of carbonyl (C=O) groups excluding carboxylic acids is 2. The third kappa shape index (κ3) is 5.99. The Bertz CT molecular complexity index is 1880. The topological polar surface area (TPSA) is 64.6 Å². The van der Waals surface area contributed by atoms with Crippen LogP contribution in [-0.4, -0.2) is 24.7 Å². The lowest BCUT2D eigenvalue weighted by Crippen LogP contribution is -2.48. The second kappa shape index (κ2) is 13.7. The first-order valence-electron chi connectivity index (χ1n) is 16.7. The van der Waals surface area contributed by atoms with Gasteiger partial charge in [0.15, 0.2) is 5.60 Å². The summed E-state index contributed by atoms with van der Waals surface area (Å²) in [6, 6.07) is 41.3. The van der Waals surface area contributed by atoms with Crippen LogP contribution in [0.1, 0.15) is 65.0 Å². The SMILES string of the molecule is Cc1ccc(C(OC(=O)[C@@H]2CCCC[C@H]2NC(=O)OCC2c3ccccc3-c3ccccc32)(c2ccccc2)c2ccccc2Cl)cc1. The standard InChI is InChI=1S/C42H38ClNO4/c1-28-23-25-30(26-24-28)42(29-13-3-2-4-14-29,37-20-10-11-21-38(37)43)48-40(45)35-19-9-12-22-39(35)44-41(46)47-27-36-33-17-7-5-15-31(33)32-16-6-8-18-34(32)36/h2-8,10-11,13-18,20-21,23-26,35-36,39H,9,12,19,22,27H2,1H3,(H,44,46)/t35-,39-,42?/m1/s1. The number of rotatable bonds is 8. The number of aryl methyl sites for hydroxylation is 1. The molecule has 3 atom stereocenters. The summed E-state index contributed by atoms with van der Waals surface area (Å²) in [5, 5.41) is 3.55. The second-order valence-corrected chi connectivity index (χ2v) is 13.2. The van der Waals surface area contributed by atoms with Crippen LogP contribution in [0.4, 0.5) is 4.79 Å². The van der Waals surface area contributed by atoms with Crippen molar-refractivity contribution in [3.63, 3.8) is 0 Å². The van der Waals surface area contributed by atoms with Crippen molar-refractivity contribution in [2.24, 2.45) is 5.92 Å². The van der Waals surface area contributed by atoms with Crippen LogP contribution in [0, 0.1) is 12.8 Å². The highest BCUT2D eigenvalue weighted by atomic mass is 35.5. The maximum atomic E-state index is 14.5. The number of hydrogen-bond acceptors (Lipinski definition) is 4. The molecule has 1 amide bonds. The summed E-state index contributed by atoms with van der Waals surface area (Å²) in [5.41, 5.74) is 6.67. The van der Waals surface area contributed by atoms with Crippen molar-refractivity contribution in [3.8, 4) is 11.1 Å². The van der Waals surface area contributed by atoms with Gasteiger partial charge in [-0.25, -0.2) is 4.79 Å². The molecule has 5 nitrogen and oxygen atoms in total. The minimum absolute atomic E-state index is 0.0492. The van der Waals surface area contributed by atoms with Gasteiger partial charge < -0.3 is 14.8 Å². The normalized spacial score (nSPS) is 18.2. The van der Waals surface area contributed by atoms with Gasteiger partial charge in [-0.05, 0) is 48.1 Å². The van der Waals surface area contributed by atoms with Gasteiger partial charge in [0.1, 0.15) is 6.61 Å². The van der Waals surface area contributed by atoms with Gasteiger partial charge in [-0.3, -0.25) is 4.79 Å². The lowest BCUT2D eigenvalue weighted by molar-refractivity contribution is -0.160. The predicted molar refractivity (Wildman–Crippen MR) is 189 cm³/mol. The van der Waals surface area contributed by atoms with Crippen LogP contribution in [0.15, 0.2) is 127 Å². The largest absolute Gasteiger partial charge is 0.449 e. The van der Waals surface area contributed by atoms with E-state index in [-0.39, 0.29) is 18.5 Å². The number of fused-ring (bicyclic) bond motifs is 3. The Morgan fingerprint density at radius 2 is 1.31 bits per heavy atom. The number of esters is 1. The molecule has 1 saturated carbocycles. The van der Waals surface area contributed by atoms with Crippen LogP contribution in [0.25, 0.3) is 11.1 Å². The van der Waals surface area contributed by atoms with Crippen LogP contribution in [-0.2, 0) is 19.9 Å². The molecule has 48 heavy (non-hydrogen) atoms. The molecule has 0 saturated heterocycles. The summed E-state index contributed by atoms with van der Waals surface area (Å²) in [6.07, 6.45) is 2.47. The first-order chi connectivity index (χ1) is 23.5. The summed E-state index contributed by atoms with van der Waals surface area (Å²) in [7, 11) is 0. The van der Waals surface area contributed by atoms with Crippen molar-refractivity contribution in [1.29, 1.82) is 0 Å². The molecular formula is C42H38ClNO4. The van der Waals surface area contributed by atoms with Crippen molar-refractivity contribution in [2.45, 2.75) is 50.2 Å². The van der Waals surface area contributed by atoms with Crippen molar-refractivity contribution >= 4 is 23.7 Å². The van der Waals surface area contributed by atoms with Crippen molar-refractivity contribution in [3.05, 3.63) is 166 Å². The lowest BCUT2D eigenvalue weighted by Gasteiger charge is -2.39. The molecule has 0 heterocycles. The molecule has 1 unspecified atom stereocenters. The number of halogens is 1. The molecule has 1 N–H and O–H groups in total. The van der Waals surface area contributed by atoms with Crippen LogP contribution >= 0.6 is 11.6 Å². The molecule has 0 bridgehead atoms. The van der Waals surface area contributed by atoms with Crippen LogP contribution in [0.5, 0.6) is 0 Å². The third-order valence-corrected chi connectivity index (χ3v) is 10.2. The van der Waals surface area contributed by atoms with Gasteiger partial charge in [0, 0.05) is 33.7 Å². The van der Waals surface area contributed by atoms with Gasteiger partial charge in [-0.15, -0.1) is 0 Å². The van der Waals surface area contributed by atoms with Gasteiger partial charge in [-0.2, -0.15) is 0 Å². The fraction of sp³-hybridized carbons (Fsp3) is 0.238. The van der Waals surface area contributed by atoms with Gasteiger partial charge in [0.2, 0.25) is 0 Å². The quantitative estimate of drug-likeness (QED) is 0.134. The number of amides is 1.